The van der Waals surface area contributed by atoms with Gasteiger partial charge in [-0.1, -0.05) is 84.0 Å². The van der Waals surface area contributed by atoms with Crippen LogP contribution >= 0.6 is 22.6 Å². The summed E-state index contributed by atoms with van der Waals surface area (Å²) in [4.78, 5) is 0. The van der Waals surface area contributed by atoms with Gasteiger partial charge in [-0.25, -0.2) is 0 Å². The molecule has 0 aromatic rings. The van der Waals surface area contributed by atoms with Crippen LogP contribution in [0.25, 0.3) is 0 Å². The molecule has 0 aromatic carbocycles. The first-order chi connectivity index (χ1) is 12.3. The van der Waals surface area contributed by atoms with E-state index in [0.717, 1.165) is 33.5 Å². The van der Waals surface area contributed by atoms with Crippen molar-refractivity contribution in [3.8, 4) is 0 Å². The van der Waals surface area contributed by atoms with Crippen LogP contribution in [0.3, 0.4) is 0 Å². The molecule has 25 heavy (non-hydrogen) atoms. The zero-order valence-electron chi connectivity index (χ0n) is 15.0. The van der Waals surface area contributed by atoms with Crippen LogP contribution in [0, 0.1) is 35.5 Å². The molecule has 6 unspecified atom stereocenters. The van der Waals surface area contributed by atoms with Gasteiger partial charge in [-0.2, -0.15) is 0 Å². The van der Waals surface area contributed by atoms with E-state index in [-0.39, 0.29) is 0 Å². The van der Waals surface area contributed by atoms with Crippen molar-refractivity contribution >= 4 is 22.6 Å². The van der Waals surface area contributed by atoms with Crippen LogP contribution < -0.4 is 0 Å². The SMILES string of the molecule is IC1C=CC2CC(C3=CC[C@H]4C(=C3)C=CC3CCCCC34)C=CC2C1. The Morgan fingerprint density at radius 1 is 0.800 bits per heavy atom. The van der Waals surface area contributed by atoms with Gasteiger partial charge in [-0.3, -0.25) is 0 Å². The van der Waals surface area contributed by atoms with E-state index in [4.69, 9.17) is 0 Å². The molecule has 0 aliphatic heterocycles. The maximum absolute atomic E-state index is 2.60. The molecule has 0 nitrogen and oxygen atoms in total. The number of halogens is 1. The van der Waals surface area contributed by atoms with Gasteiger partial charge in [0, 0.05) is 9.84 Å². The van der Waals surface area contributed by atoms with E-state index in [9.17, 15) is 0 Å². The summed E-state index contributed by atoms with van der Waals surface area (Å²) in [6.07, 6.45) is 29.9. The number of fused-ring (bicyclic) bond motifs is 4. The standard InChI is InChI=1S/C24H29I/c25-22-11-9-18-13-17(6-7-20(18)15-22)19-10-12-24-21(14-19)8-5-16-3-1-2-4-23(16)24/h5-11,14,16-18,20,22-24H,1-4,12-13,15H2/t16?,17?,18?,20?,22?,23?,24-/m0/s1. The zero-order chi connectivity index (χ0) is 16.8. The van der Waals surface area contributed by atoms with Gasteiger partial charge in [-0.15, -0.1) is 0 Å². The van der Waals surface area contributed by atoms with Gasteiger partial charge >= 0.3 is 0 Å². The summed E-state index contributed by atoms with van der Waals surface area (Å²) in [5.41, 5.74) is 3.24. The van der Waals surface area contributed by atoms with Crippen LogP contribution in [0.15, 0.2) is 59.8 Å². The van der Waals surface area contributed by atoms with Gasteiger partial charge in [0.05, 0.1) is 0 Å². The van der Waals surface area contributed by atoms with E-state index in [2.05, 4.69) is 71.2 Å². The van der Waals surface area contributed by atoms with Crippen LogP contribution in [0.4, 0.5) is 0 Å². The molecule has 7 atom stereocenters. The number of allylic oxidation sites excluding steroid dienone is 10. The molecular weight excluding hydrogens is 415 g/mol. The van der Waals surface area contributed by atoms with Gasteiger partial charge in [0.1, 0.15) is 0 Å². The lowest BCUT2D eigenvalue weighted by Gasteiger charge is -2.41. The Labute approximate surface area is 166 Å². The zero-order valence-corrected chi connectivity index (χ0v) is 17.1. The second-order valence-electron chi connectivity index (χ2n) is 8.85. The fraction of sp³-hybridized carbons (Fsp3) is 0.583. The second kappa shape index (κ2) is 6.87. The molecule has 5 aliphatic carbocycles. The van der Waals surface area contributed by atoms with E-state index < -0.39 is 0 Å². The first-order valence-corrected chi connectivity index (χ1v) is 11.6. The quantitative estimate of drug-likeness (QED) is 0.237. The van der Waals surface area contributed by atoms with Gasteiger partial charge < -0.3 is 0 Å². The first kappa shape index (κ1) is 16.6. The lowest BCUT2D eigenvalue weighted by atomic mass is 9.63. The highest BCUT2D eigenvalue weighted by Gasteiger charge is 2.36. The van der Waals surface area contributed by atoms with Crippen molar-refractivity contribution in [2.24, 2.45) is 35.5 Å². The van der Waals surface area contributed by atoms with E-state index in [1.165, 1.54) is 44.9 Å². The minimum absolute atomic E-state index is 0.641. The molecule has 132 valence electrons. The van der Waals surface area contributed by atoms with Gasteiger partial charge in [0.15, 0.2) is 0 Å². The Kier molecular flexibility index (Phi) is 4.56. The monoisotopic (exact) mass is 444 g/mol. The Morgan fingerprint density at radius 2 is 1.64 bits per heavy atom. The highest BCUT2D eigenvalue weighted by molar-refractivity contribution is 14.1. The molecule has 0 heterocycles. The smallest absolute Gasteiger partial charge is 0.0295 e. The topological polar surface area (TPSA) is 0 Å². The number of hydrogen-bond donors (Lipinski definition) is 0. The Morgan fingerprint density at radius 3 is 2.60 bits per heavy atom. The minimum atomic E-state index is 0.641. The fourth-order valence-corrected chi connectivity index (χ4v) is 6.89. The molecule has 1 saturated carbocycles. The van der Waals surface area contributed by atoms with E-state index in [1.807, 2.05) is 0 Å². The van der Waals surface area contributed by atoms with Crippen molar-refractivity contribution in [2.45, 2.75) is 48.9 Å². The summed E-state index contributed by atoms with van der Waals surface area (Å²) in [5, 5.41) is 0. The molecule has 5 aliphatic rings. The molecular formula is C24H29I. The molecule has 0 amide bonds. The van der Waals surface area contributed by atoms with Crippen LogP contribution in [0.2, 0.25) is 0 Å². The molecule has 5 rings (SSSR count). The first-order valence-electron chi connectivity index (χ1n) is 10.4. The summed E-state index contributed by atoms with van der Waals surface area (Å²) in [5.74, 6) is 4.80. The lowest BCUT2D eigenvalue weighted by Crippen LogP contribution is -2.31. The van der Waals surface area contributed by atoms with E-state index in [1.54, 1.807) is 11.1 Å². The summed E-state index contributed by atoms with van der Waals surface area (Å²) in [7, 11) is 0. The molecule has 1 heteroatoms. The molecule has 0 aromatic heterocycles. The second-order valence-corrected chi connectivity index (χ2v) is 10.5. The van der Waals surface area contributed by atoms with Gasteiger partial charge in [0.2, 0.25) is 0 Å². The normalized spacial score (nSPS) is 45.1. The van der Waals surface area contributed by atoms with Crippen molar-refractivity contribution in [3.63, 3.8) is 0 Å². The number of alkyl halides is 1. The van der Waals surface area contributed by atoms with Crippen LogP contribution in [0.5, 0.6) is 0 Å². The molecule has 1 fully saturated rings. The van der Waals surface area contributed by atoms with Crippen molar-refractivity contribution in [1.82, 2.24) is 0 Å². The summed E-state index contributed by atoms with van der Waals surface area (Å²) < 4.78 is 0.729. The Hall–Kier alpha value is -0.570. The van der Waals surface area contributed by atoms with Crippen LogP contribution in [-0.2, 0) is 0 Å². The highest BCUT2D eigenvalue weighted by Crippen LogP contribution is 2.48. The maximum Gasteiger partial charge on any atom is 0.0295 e. The third-order valence-electron chi connectivity index (χ3n) is 7.46. The molecule has 0 spiro atoms. The number of rotatable bonds is 1. The maximum atomic E-state index is 2.60. The van der Waals surface area contributed by atoms with Crippen molar-refractivity contribution in [1.29, 1.82) is 0 Å². The largest absolute Gasteiger partial charge is 0.0842 e. The third kappa shape index (κ3) is 3.15. The fourth-order valence-electron chi connectivity index (χ4n) is 6.06. The average Bonchev–Trinajstić information content (AvgIpc) is 2.67. The van der Waals surface area contributed by atoms with Crippen molar-refractivity contribution in [2.75, 3.05) is 0 Å². The molecule has 0 radical (unpaired) electrons. The van der Waals surface area contributed by atoms with Crippen molar-refractivity contribution < 1.29 is 0 Å². The van der Waals surface area contributed by atoms with Gasteiger partial charge in [0.25, 0.3) is 0 Å². The highest BCUT2D eigenvalue weighted by atomic mass is 127. The molecule has 0 saturated heterocycles. The third-order valence-corrected chi connectivity index (χ3v) is 8.38. The Balaban J connectivity index is 1.35. The predicted molar refractivity (Wildman–Crippen MR) is 115 cm³/mol. The minimum Gasteiger partial charge on any atom is -0.0842 e. The lowest BCUT2D eigenvalue weighted by molar-refractivity contribution is 0.210. The van der Waals surface area contributed by atoms with Crippen molar-refractivity contribution in [3.05, 3.63) is 59.8 Å². The average molecular weight is 444 g/mol. The summed E-state index contributed by atoms with van der Waals surface area (Å²) in [6.45, 7) is 0. The van der Waals surface area contributed by atoms with Gasteiger partial charge in [-0.05, 0) is 72.8 Å². The van der Waals surface area contributed by atoms with E-state index >= 15 is 0 Å². The molecule has 0 N–H and O–H groups in total. The molecule has 0 bridgehead atoms. The number of hydrogen-bond acceptors (Lipinski definition) is 0. The van der Waals surface area contributed by atoms with Crippen LogP contribution in [0.1, 0.15) is 44.9 Å². The van der Waals surface area contributed by atoms with E-state index in [0.29, 0.717) is 5.92 Å². The Bertz CT molecular complexity index is 676. The van der Waals surface area contributed by atoms with Crippen LogP contribution in [-0.4, -0.2) is 3.92 Å². The predicted octanol–water partition coefficient (Wildman–Crippen LogP) is 6.81. The summed E-state index contributed by atoms with van der Waals surface area (Å²) >= 11 is 2.58. The summed E-state index contributed by atoms with van der Waals surface area (Å²) in [6, 6.07) is 0.